The number of nitrogens with one attached hydrogen (secondary N) is 3. The van der Waals surface area contributed by atoms with Gasteiger partial charge in [0.2, 0.25) is 0 Å². The molecule has 0 saturated carbocycles. The first-order valence-corrected chi connectivity index (χ1v) is 8.22. The van der Waals surface area contributed by atoms with Crippen molar-refractivity contribution in [3.8, 4) is 10.6 Å². The van der Waals surface area contributed by atoms with Gasteiger partial charge >= 0.3 is 6.03 Å². The Morgan fingerprint density at radius 1 is 1.12 bits per heavy atom. The standard InChI is InChI=1S/C17H12FN5OS/c18-11-6-12-13(8-20-15(12)19-7-11)22-17(24)23-14-9-21-16(25-14)10-4-2-1-3-5-10/h1-9H,(H,19,20)(H2,22,23,24). The number of carbonyl (C=O) groups excluding carboxylic acids is 1. The Balaban J connectivity index is 1.49. The summed E-state index contributed by atoms with van der Waals surface area (Å²) in [6.45, 7) is 0. The highest BCUT2D eigenvalue weighted by molar-refractivity contribution is 7.19. The van der Waals surface area contributed by atoms with Crippen molar-refractivity contribution in [3.63, 3.8) is 0 Å². The number of aromatic nitrogens is 3. The van der Waals surface area contributed by atoms with E-state index in [1.54, 1.807) is 12.4 Å². The number of amides is 2. The molecule has 4 aromatic rings. The molecule has 124 valence electrons. The number of hydrogen-bond acceptors (Lipinski definition) is 4. The van der Waals surface area contributed by atoms with E-state index in [1.165, 1.54) is 17.4 Å². The molecule has 0 saturated heterocycles. The molecule has 25 heavy (non-hydrogen) atoms. The maximum absolute atomic E-state index is 13.3. The third-order valence-corrected chi connectivity index (χ3v) is 4.47. The molecule has 0 bridgehead atoms. The van der Waals surface area contributed by atoms with Crippen molar-refractivity contribution in [2.45, 2.75) is 0 Å². The minimum atomic E-state index is -0.467. The smallest absolute Gasteiger partial charge is 0.324 e. The molecule has 3 heterocycles. The van der Waals surface area contributed by atoms with Gasteiger partial charge in [-0.05, 0) is 6.07 Å². The lowest BCUT2D eigenvalue weighted by atomic mass is 10.2. The summed E-state index contributed by atoms with van der Waals surface area (Å²) in [5.74, 6) is -0.467. The quantitative estimate of drug-likeness (QED) is 0.508. The predicted octanol–water partition coefficient (Wildman–Crippen LogP) is 4.47. The number of pyridine rings is 1. The fraction of sp³-hybridized carbons (Fsp3) is 0. The van der Waals surface area contributed by atoms with Gasteiger partial charge in [-0.1, -0.05) is 41.7 Å². The number of benzene rings is 1. The van der Waals surface area contributed by atoms with Crippen LogP contribution in [-0.2, 0) is 0 Å². The monoisotopic (exact) mass is 353 g/mol. The van der Waals surface area contributed by atoms with Crippen molar-refractivity contribution in [2.24, 2.45) is 0 Å². The molecule has 6 nitrogen and oxygen atoms in total. The van der Waals surface area contributed by atoms with Crippen LogP contribution in [0.15, 0.2) is 55.0 Å². The Labute approximate surface area is 145 Å². The predicted molar refractivity (Wildman–Crippen MR) is 96.2 cm³/mol. The summed E-state index contributed by atoms with van der Waals surface area (Å²) >= 11 is 1.37. The number of halogens is 1. The van der Waals surface area contributed by atoms with Gasteiger partial charge < -0.3 is 10.3 Å². The van der Waals surface area contributed by atoms with Crippen LogP contribution in [0.1, 0.15) is 0 Å². The summed E-state index contributed by atoms with van der Waals surface area (Å²) in [5, 5.41) is 7.34. The van der Waals surface area contributed by atoms with E-state index in [0.717, 1.165) is 16.8 Å². The van der Waals surface area contributed by atoms with Crippen LogP contribution in [0.25, 0.3) is 21.6 Å². The third kappa shape index (κ3) is 3.20. The van der Waals surface area contributed by atoms with Crippen LogP contribution < -0.4 is 10.6 Å². The van der Waals surface area contributed by atoms with Crippen molar-refractivity contribution < 1.29 is 9.18 Å². The number of nitrogens with zero attached hydrogens (tertiary/aromatic N) is 2. The van der Waals surface area contributed by atoms with Crippen molar-refractivity contribution in [2.75, 3.05) is 10.6 Å². The Morgan fingerprint density at radius 2 is 1.96 bits per heavy atom. The van der Waals surface area contributed by atoms with Crippen LogP contribution in [-0.4, -0.2) is 21.0 Å². The molecular weight excluding hydrogens is 341 g/mol. The van der Waals surface area contributed by atoms with E-state index in [2.05, 4.69) is 25.6 Å². The molecule has 0 radical (unpaired) electrons. The van der Waals surface area contributed by atoms with Gasteiger partial charge in [0, 0.05) is 17.1 Å². The van der Waals surface area contributed by atoms with E-state index in [-0.39, 0.29) is 0 Å². The Hall–Kier alpha value is -3.26. The van der Waals surface area contributed by atoms with Crippen molar-refractivity contribution >= 4 is 39.1 Å². The topological polar surface area (TPSA) is 82.7 Å². The van der Waals surface area contributed by atoms with Crippen LogP contribution >= 0.6 is 11.3 Å². The Morgan fingerprint density at radius 3 is 2.80 bits per heavy atom. The number of thiazole rings is 1. The lowest BCUT2D eigenvalue weighted by molar-refractivity contribution is 0.262. The van der Waals surface area contributed by atoms with Gasteiger partial charge in [-0.2, -0.15) is 0 Å². The lowest BCUT2D eigenvalue weighted by Crippen LogP contribution is -2.18. The van der Waals surface area contributed by atoms with Gasteiger partial charge in [0.15, 0.2) is 0 Å². The third-order valence-electron chi connectivity index (χ3n) is 3.51. The van der Waals surface area contributed by atoms with Gasteiger partial charge in [0.05, 0.1) is 18.1 Å². The van der Waals surface area contributed by atoms with Crippen molar-refractivity contribution in [3.05, 3.63) is 60.8 Å². The number of anilines is 2. The number of fused-ring (bicyclic) bond motifs is 1. The zero-order valence-electron chi connectivity index (χ0n) is 12.8. The Bertz CT molecular complexity index is 1040. The molecule has 0 aliphatic heterocycles. The first-order valence-electron chi connectivity index (χ1n) is 7.41. The number of rotatable bonds is 3. The van der Waals surface area contributed by atoms with Gasteiger partial charge in [0.25, 0.3) is 0 Å². The number of H-pyrrole nitrogens is 1. The highest BCUT2D eigenvalue weighted by Crippen LogP contribution is 2.28. The van der Waals surface area contributed by atoms with Gasteiger partial charge in [-0.15, -0.1) is 0 Å². The SMILES string of the molecule is O=C(Nc1cnc(-c2ccccc2)s1)Nc1c[nH]c2ncc(F)cc12. The molecule has 0 unspecified atom stereocenters. The summed E-state index contributed by atoms with van der Waals surface area (Å²) in [7, 11) is 0. The molecule has 1 aromatic carbocycles. The number of hydrogen-bond donors (Lipinski definition) is 3. The first-order chi connectivity index (χ1) is 12.2. The molecule has 0 spiro atoms. The average molecular weight is 353 g/mol. The van der Waals surface area contributed by atoms with E-state index < -0.39 is 11.8 Å². The first kappa shape index (κ1) is 15.3. The van der Waals surface area contributed by atoms with Crippen LogP contribution in [0.5, 0.6) is 0 Å². The van der Waals surface area contributed by atoms with Crippen LogP contribution in [0.3, 0.4) is 0 Å². The van der Waals surface area contributed by atoms with E-state index in [1.807, 2.05) is 30.3 Å². The van der Waals surface area contributed by atoms with E-state index >= 15 is 0 Å². The van der Waals surface area contributed by atoms with Crippen LogP contribution in [0.2, 0.25) is 0 Å². The Kier molecular flexibility index (Phi) is 3.87. The molecule has 0 fully saturated rings. The minimum absolute atomic E-state index is 0.437. The summed E-state index contributed by atoms with van der Waals surface area (Å²) in [4.78, 5) is 23.3. The largest absolute Gasteiger partial charge is 0.344 e. The maximum atomic E-state index is 13.3. The van der Waals surface area contributed by atoms with Gasteiger partial charge in [0.1, 0.15) is 21.5 Å². The second-order valence-corrected chi connectivity index (χ2v) is 6.26. The maximum Gasteiger partial charge on any atom is 0.324 e. The summed E-state index contributed by atoms with van der Waals surface area (Å²) < 4.78 is 13.3. The molecule has 0 atom stereocenters. The number of carbonyl (C=O) groups is 1. The van der Waals surface area contributed by atoms with Gasteiger partial charge in [-0.25, -0.2) is 19.2 Å². The average Bonchev–Trinajstić information content (AvgIpc) is 3.23. The van der Waals surface area contributed by atoms with Crippen LogP contribution in [0, 0.1) is 5.82 Å². The highest BCUT2D eigenvalue weighted by Gasteiger charge is 2.11. The highest BCUT2D eigenvalue weighted by atomic mass is 32.1. The van der Waals surface area contributed by atoms with E-state index in [9.17, 15) is 9.18 Å². The number of aromatic amines is 1. The van der Waals surface area contributed by atoms with Crippen molar-refractivity contribution in [1.82, 2.24) is 15.0 Å². The summed E-state index contributed by atoms with van der Waals surface area (Å²) in [6.07, 6.45) is 4.28. The zero-order valence-corrected chi connectivity index (χ0v) is 13.6. The van der Waals surface area contributed by atoms with Gasteiger partial charge in [-0.3, -0.25) is 5.32 Å². The van der Waals surface area contributed by atoms with E-state index in [0.29, 0.717) is 21.7 Å². The van der Waals surface area contributed by atoms with Crippen LogP contribution in [0.4, 0.5) is 19.9 Å². The second kappa shape index (κ2) is 6.33. The zero-order chi connectivity index (χ0) is 17.2. The van der Waals surface area contributed by atoms with Crippen molar-refractivity contribution in [1.29, 1.82) is 0 Å². The minimum Gasteiger partial charge on any atom is -0.344 e. The molecular formula is C17H12FN5OS. The molecule has 3 aromatic heterocycles. The molecule has 2 amide bonds. The molecule has 0 aliphatic rings. The summed E-state index contributed by atoms with van der Waals surface area (Å²) in [5.41, 5.74) is 1.94. The molecule has 0 aliphatic carbocycles. The number of urea groups is 1. The fourth-order valence-corrected chi connectivity index (χ4v) is 3.21. The normalized spacial score (nSPS) is 10.8. The lowest BCUT2D eigenvalue weighted by Gasteiger charge is -2.04. The molecule has 3 N–H and O–H groups in total. The molecule has 8 heteroatoms. The summed E-state index contributed by atoms with van der Waals surface area (Å²) in [6, 6.07) is 10.6. The van der Waals surface area contributed by atoms with E-state index in [4.69, 9.17) is 0 Å². The fourth-order valence-electron chi connectivity index (χ4n) is 2.39. The molecule has 4 rings (SSSR count). The second-order valence-electron chi connectivity index (χ2n) is 5.23.